The van der Waals surface area contributed by atoms with Crippen LogP contribution in [0.1, 0.15) is 42.7 Å². The molecule has 3 rings (SSSR count). The molecular weight excluding hydrogens is 194 g/mol. The maximum absolute atomic E-state index is 2.43. The Morgan fingerprint density at radius 2 is 1.81 bits per heavy atom. The minimum absolute atomic E-state index is 0.847. The molecule has 1 nitrogen and oxygen atoms in total. The topological polar surface area (TPSA) is 3.24 Å². The molecule has 1 heteroatoms. The zero-order valence-corrected chi connectivity index (χ0v) is 9.73. The summed E-state index contributed by atoms with van der Waals surface area (Å²) >= 11 is 0. The van der Waals surface area contributed by atoms with Crippen LogP contribution < -0.4 is 0 Å². The number of rotatable bonds is 3. The Balaban J connectivity index is 1.77. The molecule has 1 aliphatic carbocycles. The average Bonchev–Trinajstić information content (AvgIpc) is 3.04. The van der Waals surface area contributed by atoms with Crippen molar-refractivity contribution in [1.29, 1.82) is 0 Å². The molecule has 1 aliphatic heterocycles. The highest BCUT2D eigenvalue weighted by Crippen LogP contribution is 2.41. The van der Waals surface area contributed by atoms with Crippen LogP contribution in [0.25, 0.3) is 6.08 Å². The predicted octanol–water partition coefficient (Wildman–Crippen LogP) is 3.63. The number of hydrogen-bond donors (Lipinski definition) is 0. The van der Waals surface area contributed by atoms with Crippen LogP contribution in [0.3, 0.4) is 0 Å². The third-order valence-corrected chi connectivity index (χ3v) is 3.62. The summed E-state index contributed by atoms with van der Waals surface area (Å²) in [5.41, 5.74) is 2.98. The van der Waals surface area contributed by atoms with Crippen LogP contribution in [0, 0.1) is 0 Å². The first kappa shape index (κ1) is 9.95. The Hall–Kier alpha value is -1.24. The van der Waals surface area contributed by atoms with Crippen LogP contribution in [-0.4, -0.2) is 18.0 Å². The molecule has 1 aromatic rings. The van der Waals surface area contributed by atoms with Gasteiger partial charge in [-0.25, -0.2) is 0 Å². The molecule has 0 N–H and O–H groups in total. The van der Waals surface area contributed by atoms with Crippen LogP contribution in [0.5, 0.6) is 0 Å². The maximum Gasteiger partial charge on any atom is 0.0173 e. The van der Waals surface area contributed by atoms with Gasteiger partial charge in [-0.05, 0) is 55.0 Å². The van der Waals surface area contributed by atoms with E-state index in [-0.39, 0.29) is 0 Å². The van der Waals surface area contributed by atoms with Crippen molar-refractivity contribution in [3.05, 3.63) is 41.6 Å². The Labute approximate surface area is 97.8 Å². The fourth-order valence-corrected chi connectivity index (χ4v) is 2.51. The second-order valence-electron chi connectivity index (χ2n) is 4.96. The number of benzene rings is 1. The van der Waals surface area contributed by atoms with Crippen molar-refractivity contribution in [2.45, 2.75) is 31.6 Å². The highest BCUT2D eigenvalue weighted by Gasteiger charge is 2.24. The smallest absolute Gasteiger partial charge is 0.0173 e. The summed E-state index contributed by atoms with van der Waals surface area (Å²) in [5.74, 6) is 0.847. The maximum atomic E-state index is 2.43. The second-order valence-corrected chi connectivity index (χ2v) is 4.96. The van der Waals surface area contributed by atoms with Gasteiger partial charge in [0, 0.05) is 13.1 Å². The minimum atomic E-state index is 0.847. The lowest BCUT2D eigenvalue weighted by atomic mass is 10.0. The van der Waals surface area contributed by atoms with Crippen molar-refractivity contribution in [2.24, 2.45) is 0 Å². The number of hydrogen-bond acceptors (Lipinski definition) is 1. The van der Waals surface area contributed by atoms with Gasteiger partial charge in [0.1, 0.15) is 0 Å². The third kappa shape index (κ3) is 2.13. The van der Waals surface area contributed by atoms with Crippen molar-refractivity contribution in [2.75, 3.05) is 13.1 Å². The van der Waals surface area contributed by atoms with Crippen molar-refractivity contribution < 1.29 is 0 Å². The lowest BCUT2D eigenvalue weighted by Gasteiger charge is -2.11. The van der Waals surface area contributed by atoms with E-state index in [4.69, 9.17) is 0 Å². The third-order valence-electron chi connectivity index (χ3n) is 3.62. The molecule has 0 unspecified atom stereocenters. The summed E-state index contributed by atoms with van der Waals surface area (Å²) in [4.78, 5) is 2.43. The first-order valence-electron chi connectivity index (χ1n) is 6.45. The van der Waals surface area contributed by atoms with E-state index in [0.29, 0.717) is 0 Å². The second kappa shape index (κ2) is 4.32. The quantitative estimate of drug-likeness (QED) is 0.741. The summed E-state index contributed by atoms with van der Waals surface area (Å²) in [5, 5.41) is 0. The van der Waals surface area contributed by atoms with Gasteiger partial charge in [0.25, 0.3) is 0 Å². The molecule has 16 heavy (non-hydrogen) atoms. The van der Waals surface area contributed by atoms with E-state index in [0.717, 1.165) is 5.92 Å². The van der Waals surface area contributed by atoms with Gasteiger partial charge in [0.15, 0.2) is 0 Å². The lowest BCUT2D eigenvalue weighted by Crippen LogP contribution is -2.10. The highest BCUT2D eigenvalue weighted by molar-refractivity contribution is 5.55. The van der Waals surface area contributed by atoms with Gasteiger partial charge in [-0.3, -0.25) is 0 Å². The molecule has 2 aliphatic rings. The molecule has 84 valence electrons. The van der Waals surface area contributed by atoms with Crippen LogP contribution in [-0.2, 0) is 0 Å². The molecule has 1 saturated heterocycles. The molecule has 0 atom stereocenters. The monoisotopic (exact) mass is 213 g/mol. The average molecular weight is 213 g/mol. The molecule has 0 aromatic heterocycles. The molecule has 2 fully saturated rings. The molecule has 0 bridgehead atoms. The van der Waals surface area contributed by atoms with Crippen molar-refractivity contribution in [3.8, 4) is 0 Å². The van der Waals surface area contributed by atoms with Crippen LogP contribution in [0.4, 0.5) is 0 Å². The van der Waals surface area contributed by atoms with Crippen LogP contribution >= 0.6 is 0 Å². The summed E-state index contributed by atoms with van der Waals surface area (Å²) in [6.07, 6.45) is 10.1. The zero-order valence-electron chi connectivity index (χ0n) is 9.73. The SMILES string of the molecule is C(=CN1CCCC1)c1ccccc1C1CC1. The molecule has 0 spiro atoms. The molecule has 0 amide bonds. The Kier molecular flexibility index (Phi) is 2.69. The number of nitrogens with zero attached hydrogens (tertiary/aromatic N) is 1. The molecule has 0 radical (unpaired) electrons. The fraction of sp³-hybridized carbons (Fsp3) is 0.467. The standard InChI is InChI=1S/C15H19N/c1-2-6-15(14-7-8-14)13(5-1)9-12-16-10-3-4-11-16/h1-2,5-6,9,12,14H,3-4,7-8,10-11H2. The van der Waals surface area contributed by atoms with E-state index in [1.165, 1.54) is 44.3 Å². The van der Waals surface area contributed by atoms with Gasteiger partial charge in [-0.1, -0.05) is 24.3 Å². The number of likely N-dealkylation sites (tertiary alicyclic amines) is 1. The molecule has 1 heterocycles. The highest BCUT2D eigenvalue weighted by atomic mass is 15.1. The van der Waals surface area contributed by atoms with Gasteiger partial charge < -0.3 is 4.90 Å². The van der Waals surface area contributed by atoms with Crippen molar-refractivity contribution in [3.63, 3.8) is 0 Å². The van der Waals surface area contributed by atoms with Gasteiger partial charge in [0.05, 0.1) is 0 Å². The van der Waals surface area contributed by atoms with Crippen molar-refractivity contribution in [1.82, 2.24) is 4.90 Å². The summed E-state index contributed by atoms with van der Waals surface area (Å²) < 4.78 is 0. The van der Waals surface area contributed by atoms with Crippen LogP contribution in [0.15, 0.2) is 30.5 Å². The summed E-state index contributed by atoms with van der Waals surface area (Å²) in [6.45, 7) is 2.48. The van der Waals surface area contributed by atoms with Gasteiger partial charge in [-0.2, -0.15) is 0 Å². The first-order chi connectivity index (χ1) is 7.93. The van der Waals surface area contributed by atoms with Gasteiger partial charge >= 0.3 is 0 Å². The Morgan fingerprint density at radius 1 is 1.06 bits per heavy atom. The molecule has 1 saturated carbocycles. The first-order valence-corrected chi connectivity index (χ1v) is 6.45. The lowest BCUT2D eigenvalue weighted by molar-refractivity contribution is 0.471. The normalized spacial score (nSPS) is 20.9. The van der Waals surface area contributed by atoms with E-state index in [1.54, 1.807) is 5.56 Å². The van der Waals surface area contributed by atoms with E-state index in [1.807, 2.05) is 0 Å². The van der Waals surface area contributed by atoms with Gasteiger partial charge in [0.2, 0.25) is 0 Å². The molecule has 1 aromatic carbocycles. The summed E-state index contributed by atoms with van der Waals surface area (Å²) in [6, 6.07) is 8.86. The van der Waals surface area contributed by atoms with E-state index in [9.17, 15) is 0 Å². The Bertz CT molecular complexity index is 384. The van der Waals surface area contributed by atoms with Crippen LogP contribution in [0.2, 0.25) is 0 Å². The largest absolute Gasteiger partial charge is 0.377 e. The minimum Gasteiger partial charge on any atom is -0.377 e. The zero-order chi connectivity index (χ0) is 10.8. The summed E-state index contributed by atoms with van der Waals surface area (Å²) in [7, 11) is 0. The van der Waals surface area contributed by atoms with E-state index in [2.05, 4.69) is 41.4 Å². The van der Waals surface area contributed by atoms with Crippen molar-refractivity contribution >= 4 is 6.08 Å². The fourth-order valence-electron chi connectivity index (χ4n) is 2.51. The van der Waals surface area contributed by atoms with Gasteiger partial charge in [-0.15, -0.1) is 0 Å². The van der Waals surface area contributed by atoms with E-state index >= 15 is 0 Å². The predicted molar refractivity (Wildman–Crippen MR) is 68.3 cm³/mol. The Morgan fingerprint density at radius 3 is 2.56 bits per heavy atom. The molecular formula is C15H19N. The van der Waals surface area contributed by atoms with E-state index < -0.39 is 0 Å².